The minimum atomic E-state index is -0.287. The lowest BCUT2D eigenvalue weighted by molar-refractivity contribution is -0.104. The third-order valence-electron chi connectivity index (χ3n) is 1.33. The second-order valence-corrected chi connectivity index (χ2v) is 3.01. The highest BCUT2D eigenvalue weighted by molar-refractivity contribution is 9.15. The van der Waals surface area contributed by atoms with Gasteiger partial charge in [-0.3, -0.25) is 4.79 Å². The molecule has 1 aromatic carbocycles. The lowest BCUT2D eigenvalue weighted by Gasteiger charge is -1.96. The van der Waals surface area contributed by atoms with E-state index in [0.29, 0.717) is 10.8 Å². The van der Waals surface area contributed by atoms with Crippen LogP contribution in [0.1, 0.15) is 5.56 Å². The Labute approximate surface area is 78.0 Å². The van der Waals surface area contributed by atoms with Gasteiger partial charge in [-0.2, -0.15) is 0 Å². The SMILES string of the molecule is O=C/C=C(\Br)c1ccc(F)cc1. The van der Waals surface area contributed by atoms with Crippen molar-refractivity contribution in [3.8, 4) is 0 Å². The van der Waals surface area contributed by atoms with Gasteiger partial charge in [-0.15, -0.1) is 0 Å². The number of halogens is 2. The van der Waals surface area contributed by atoms with Crippen molar-refractivity contribution >= 4 is 26.7 Å². The molecule has 0 saturated heterocycles. The molecule has 0 bridgehead atoms. The van der Waals surface area contributed by atoms with Crippen LogP contribution >= 0.6 is 15.9 Å². The van der Waals surface area contributed by atoms with Crippen molar-refractivity contribution < 1.29 is 9.18 Å². The van der Waals surface area contributed by atoms with E-state index in [1.54, 1.807) is 12.1 Å². The molecule has 0 amide bonds. The van der Waals surface area contributed by atoms with Crippen LogP contribution in [0, 0.1) is 5.82 Å². The fraction of sp³-hybridized carbons (Fsp3) is 0. The van der Waals surface area contributed by atoms with Gasteiger partial charge in [-0.1, -0.05) is 28.1 Å². The largest absolute Gasteiger partial charge is 0.299 e. The standard InChI is InChI=1S/C9H6BrFO/c10-9(5-6-12)7-1-3-8(11)4-2-7/h1-6H/b9-5-. The van der Waals surface area contributed by atoms with Crippen LogP contribution in [-0.4, -0.2) is 6.29 Å². The second-order valence-electron chi connectivity index (χ2n) is 2.16. The van der Waals surface area contributed by atoms with Gasteiger partial charge in [0.15, 0.2) is 0 Å². The summed E-state index contributed by atoms with van der Waals surface area (Å²) in [4.78, 5) is 10.1. The summed E-state index contributed by atoms with van der Waals surface area (Å²) in [7, 11) is 0. The van der Waals surface area contributed by atoms with E-state index in [4.69, 9.17) is 0 Å². The molecule has 0 heterocycles. The molecule has 12 heavy (non-hydrogen) atoms. The molecule has 0 aliphatic rings. The summed E-state index contributed by atoms with van der Waals surface area (Å²) in [6.45, 7) is 0. The van der Waals surface area contributed by atoms with Gasteiger partial charge in [0.1, 0.15) is 12.1 Å². The van der Waals surface area contributed by atoms with Crippen molar-refractivity contribution in [2.24, 2.45) is 0 Å². The molecule has 1 nitrogen and oxygen atoms in total. The number of allylic oxidation sites excluding steroid dienone is 1. The molecule has 0 N–H and O–H groups in total. The zero-order chi connectivity index (χ0) is 8.97. The molecular formula is C9H6BrFO. The van der Waals surface area contributed by atoms with Crippen molar-refractivity contribution in [2.45, 2.75) is 0 Å². The quantitative estimate of drug-likeness (QED) is 0.562. The lowest BCUT2D eigenvalue weighted by Crippen LogP contribution is -1.78. The number of carbonyl (C=O) groups excluding carboxylic acids is 1. The van der Waals surface area contributed by atoms with E-state index in [9.17, 15) is 9.18 Å². The highest BCUT2D eigenvalue weighted by Gasteiger charge is 1.96. The first kappa shape index (κ1) is 9.13. The summed E-state index contributed by atoms with van der Waals surface area (Å²) in [5.74, 6) is -0.287. The van der Waals surface area contributed by atoms with E-state index < -0.39 is 0 Å². The van der Waals surface area contributed by atoms with E-state index in [2.05, 4.69) is 15.9 Å². The van der Waals surface area contributed by atoms with Gasteiger partial charge in [0.25, 0.3) is 0 Å². The number of carbonyl (C=O) groups is 1. The molecule has 0 unspecified atom stereocenters. The predicted molar refractivity (Wildman–Crippen MR) is 49.4 cm³/mol. The van der Waals surface area contributed by atoms with Crippen molar-refractivity contribution in [3.63, 3.8) is 0 Å². The Morgan fingerprint density at radius 3 is 2.42 bits per heavy atom. The Morgan fingerprint density at radius 1 is 1.33 bits per heavy atom. The molecule has 0 spiro atoms. The third-order valence-corrected chi connectivity index (χ3v) is 2.06. The van der Waals surface area contributed by atoms with Crippen LogP contribution in [0.4, 0.5) is 4.39 Å². The summed E-state index contributed by atoms with van der Waals surface area (Å²) < 4.78 is 13.1. The van der Waals surface area contributed by atoms with Gasteiger partial charge >= 0.3 is 0 Å². The first-order valence-corrected chi connectivity index (χ1v) is 4.10. The number of rotatable bonds is 2. The van der Waals surface area contributed by atoms with Crippen LogP contribution in [0.2, 0.25) is 0 Å². The molecular weight excluding hydrogens is 223 g/mol. The fourth-order valence-electron chi connectivity index (χ4n) is 0.765. The normalized spacial score (nSPS) is 11.3. The van der Waals surface area contributed by atoms with E-state index in [1.165, 1.54) is 18.2 Å². The van der Waals surface area contributed by atoms with Crippen molar-refractivity contribution in [1.29, 1.82) is 0 Å². The van der Waals surface area contributed by atoms with Crippen molar-refractivity contribution in [1.82, 2.24) is 0 Å². The van der Waals surface area contributed by atoms with Gasteiger partial charge in [0, 0.05) is 4.48 Å². The minimum absolute atomic E-state index is 0.287. The van der Waals surface area contributed by atoms with E-state index in [0.717, 1.165) is 5.56 Å². The molecule has 1 aromatic rings. The molecule has 0 atom stereocenters. The number of aldehydes is 1. The van der Waals surface area contributed by atoms with Gasteiger partial charge in [0.05, 0.1) is 0 Å². The van der Waals surface area contributed by atoms with Crippen LogP contribution in [0.3, 0.4) is 0 Å². The van der Waals surface area contributed by atoms with Crippen LogP contribution in [0.5, 0.6) is 0 Å². The smallest absolute Gasteiger partial charge is 0.143 e. The maximum atomic E-state index is 12.4. The second kappa shape index (κ2) is 4.16. The predicted octanol–water partition coefficient (Wildman–Crippen LogP) is 2.76. The summed E-state index contributed by atoms with van der Waals surface area (Å²) >= 11 is 3.18. The number of benzene rings is 1. The molecule has 0 fully saturated rings. The monoisotopic (exact) mass is 228 g/mol. The molecule has 0 saturated carbocycles. The van der Waals surface area contributed by atoms with Gasteiger partial charge in [-0.25, -0.2) is 4.39 Å². The Balaban J connectivity index is 2.97. The zero-order valence-corrected chi connectivity index (χ0v) is 7.71. The van der Waals surface area contributed by atoms with Gasteiger partial charge in [-0.05, 0) is 23.8 Å². The van der Waals surface area contributed by atoms with E-state index in [-0.39, 0.29) is 5.82 Å². The molecule has 62 valence electrons. The molecule has 0 aromatic heterocycles. The zero-order valence-electron chi connectivity index (χ0n) is 6.13. The first-order valence-electron chi connectivity index (χ1n) is 3.31. The summed E-state index contributed by atoms with van der Waals surface area (Å²) in [6, 6.07) is 5.88. The van der Waals surface area contributed by atoms with Crippen molar-refractivity contribution in [3.05, 3.63) is 41.7 Å². The summed E-state index contributed by atoms with van der Waals surface area (Å²) in [6.07, 6.45) is 2.04. The Hall–Kier alpha value is -0.960. The van der Waals surface area contributed by atoms with Gasteiger partial charge < -0.3 is 0 Å². The average Bonchev–Trinajstić information content (AvgIpc) is 2.06. The Kier molecular flexibility index (Phi) is 3.17. The lowest BCUT2D eigenvalue weighted by atomic mass is 10.2. The Bertz CT molecular complexity index is 303. The number of hydrogen-bond donors (Lipinski definition) is 0. The van der Waals surface area contributed by atoms with Crippen molar-refractivity contribution in [2.75, 3.05) is 0 Å². The summed E-state index contributed by atoms with van der Waals surface area (Å²) in [5, 5.41) is 0. The van der Waals surface area contributed by atoms with E-state index in [1.807, 2.05) is 0 Å². The molecule has 3 heteroatoms. The molecule has 1 rings (SSSR count). The minimum Gasteiger partial charge on any atom is -0.299 e. The Morgan fingerprint density at radius 2 is 1.92 bits per heavy atom. The molecule has 0 aliphatic carbocycles. The molecule has 0 aliphatic heterocycles. The highest BCUT2D eigenvalue weighted by atomic mass is 79.9. The van der Waals surface area contributed by atoms with Gasteiger partial charge in [0.2, 0.25) is 0 Å². The first-order chi connectivity index (χ1) is 5.74. The average molecular weight is 229 g/mol. The maximum Gasteiger partial charge on any atom is 0.143 e. The molecule has 0 radical (unpaired) electrons. The van der Waals surface area contributed by atoms with Crippen LogP contribution < -0.4 is 0 Å². The number of hydrogen-bond acceptors (Lipinski definition) is 1. The topological polar surface area (TPSA) is 17.1 Å². The summed E-state index contributed by atoms with van der Waals surface area (Å²) in [5.41, 5.74) is 0.781. The van der Waals surface area contributed by atoms with Crippen LogP contribution in [-0.2, 0) is 4.79 Å². The van der Waals surface area contributed by atoms with Crippen LogP contribution in [0.15, 0.2) is 30.3 Å². The highest BCUT2D eigenvalue weighted by Crippen LogP contribution is 2.20. The fourth-order valence-corrected chi connectivity index (χ4v) is 1.14. The maximum absolute atomic E-state index is 12.4. The third kappa shape index (κ3) is 2.27. The van der Waals surface area contributed by atoms with E-state index >= 15 is 0 Å². The van der Waals surface area contributed by atoms with Crippen LogP contribution in [0.25, 0.3) is 4.48 Å².